The minimum Gasteiger partial charge on any atom is -0.489 e. The van der Waals surface area contributed by atoms with Crippen molar-refractivity contribution in [2.75, 3.05) is 0 Å². The molecule has 0 radical (unpaired) electrons. The summed E-state index contributed by atoms with van der Waals surface area (Å²) >= 11 is 0. The van der Waals surface area contributed by atoms with Gasteiger partial charge in [0.1, 0.15) is 12.4 Å². The van der Waals surface area contributed by atoms with E-state index in [1.807, 2.05) is 66.7 Å². The van der Waals surface area contributed by atoms with Gasteiger partial charge in [-0.1, -0.05) is 42.5 Å². The van der Waals surface area contributed by atoms with Gasteiger partial charge in [0.05, 0.1) is 12.1 Å². The second kappa shape index (κ2) is 7.84. The summed E-state index contributed by atoms with van der Waals surface area (Å²) in [6, 6.07) is 21.9. The van der Waals surface area contributed by atoms with Crippen molar-refractivity contribution in [3.8, 4) is 17.0 Å². The van der Waals surface area contributed by atoms with Gasteiger partial charge in [-0.15, -0.1) is 0 Å². The molecule has 4 rings (SSSR count). The first-order valence-corrected chi connectivity index (χ1v) is 9.62. The molecule has 0 fully saturated rings. The van der Waals surface area contributed by atoms with Crippen LogP contribution in [0.2, 0.25) is 0 Å². The number of H-pyrrole nitrogens is 1. The predicted molar refractivity (Wildman–Crippen MR) is 115 cm³/mol. The maximum atomic E-state index is 11.5. The number of aryl methyl sites for hydroxylation is 2. The van der Waals surface area contributed by atoms with Crippen LogP contribution >= 0.6 is 0 Å². The first kappa shape index (κ1) is 18.8. The maximum Gasteiger partial charge on any atom is 0.307 e. The Morgan fingerprint density at radius 3 is 2.38 bits per heavy atom. The van der Waals surface area contributed by atoms with Gasteiger partial charge in [-0.05, 0) is 65.9 Å². The van der Waals surface area contributed by atoms with Crippen LogP contribution in [0.4, 0.5) is 0 Å². The lowest BCUT2D eigenvalue weighted by Crippen LogP contribution is -2.01. The maximum absolute atomic E-state index is 11.5. The fraction of sp³-hybridized carbons (Fsp3) is 0.160. The summed E-state index contributed by atoms with van der Waals surface area (Å²) in [6.07, 6.45) is -0.0237. The number of carboxylic acids is 1. The quantitative estimate of drug-likeness (QED) is 0.450. The van der Waals surface area contributed by atoms with E-state index in [4.69, 9.17) is 4.74 Å². The molecule has 29 heavy (non-hydrogen) atoms. The van der Waals surface area contributed by atoms with Crippen molar-refractivity contribution in [1.82, 2.24) is 4.98 Å². The number of carbonyl (C=O) groups is 1. The van der Waals surface area contributed by atoms with Gasteiger partial charge < -0.3 is 14.8 Å². The van der Waals surface area contributed by atoms with Crippen molar-refractivity contribution in [3.05, 3.63) is 89.0 Å². The number of benzene rings is 3. The predicted octanol–water partition coefficient (Wildman–Crippen LogP) is 5.66. The van der Waals surface area contributed by atoms with E-state index in [0.29, 0.717) is 6.61 Å². The smallest absolute Gasteiger partial charge is 0.307 e. The van der Waals surface area contributed by atoms with E-state index in [1.165, 1.54) is 5.56 Å². The molecule has 0 aliphatic rings. The van der Waals surface area contributed by atoms with Crippen molar-refractivity contribution in [2.24, 2.45) is 0 Å². The zero-order valence-corrected chi connectivity index (χ0v) is 16.5. The first-order valence-electron chi connectivity index (χ1n) is 9.62. The van der Waals surface area contributed by atoms with Gasteiger partial charge in [-0.3, -0.25) is 4.79 Å². The lowest BCUT2D eigenvalue weighted by atomic mass is 10.00. The van der Waals surface area contributed by atoms with E-state index in [0.717, 1.165) is 44.6 Å². The zero-order chi connectivity index (χ0) is 20.4. The van der Waals surface area contributed by atoms with E-state index in [2.05, 4.69) is 18.8 Å². The van der Waals surface area contributed by atoms with Crippen molar-refractivity contribution in [2.45, 2.75) is 26.9 Å². The average molecular weight is 385 g/mol. The molecule has 2 N–H and O–H groups in total. The number of ether oxygens (including phenoxy) is 1. The van der Waals surface area contributed by atoms with Gasteiger partial charge in [0.15, 0.2) is 0 Å². The molecule has 3 aromatic carbocycles. The number of hydrogen-bond donors (Lipinski definition) is 2. The molecule has 1 aromatic heterocycles. The Morgan fingerprint density at radius 2 is 1.69 bits per heavy atom. The van der Waals surface area contributed by atoms with Crippen LogP contribution in [0.5, 0.6) is 5.75 Å². The standard InChI is InChI=1S/C25H23NO3/c1-16-8-13-21-22(14-23(27)28)25(26-24(21)17(16)2)19-9-11-20(12-10-19)29-15-18-6-4-3-5-7-18/h3-13,26H,14-15H2,1-2H3,(H,27,28). The minimum absolute atomic E-state index is 0.0237. The number of fused-ring (bicyclic) bond motifs is 1. The molecule has 0 spiro atoms. The first-order chi connectivity index (χ1) is 14.0. The van der Waals surface area contributed by atoms with Crippen LogP contribution in [0, 0.1) is 13.8 Å². The highest BCUT2D eigenvalue weighted by Gasteiger charge is 2.17. The average Bonchev–Trinajstić information content (AvgIpc) is 3.09. The van der Waals surface area contributed by atoms with Gasteiger partial charge in [0, 0.05) is 10.9 Å². The van der Waals surface area contributed by atoms with Gasteiger partial charge >= 0.3 is 5.97 Å². The largest absolute Gasteiger partial charge is 0.489 e. The summed E-state index contributed by atoms with van der Waals surface area (Å²) in [5.74, 6) is -0.0614. The Hall–Kier alpha value is -3.53. The molecule has 146 valence electrons. The van der Waals surface area contributed by atoms with Gasteiger partial charge in [0.2, 0.25) is 0 Å². The Balaban J connectivity index is 1.66. The molecular weight excluding hydrogens is 362 g/mol. The van der Waals surface area contributed by atoms with Crippen LogP contribution in [0.25, 0.3) is 22.2 Å². The van der Waals surface area contributed by atoms with Crippen LogP contribution in [-0.4, -0.2) is 16.1 Å². The number of hydrogen-bond acceptors (Lipinski definition) is 2. The third kappa shape index (κ3) is 3.87. The highest BCUT2D eigenvalue weighted by Crippen LogP contribution is 2.34. The molecule has 0 saturated carbocycles. The van der Waals surface area contributed by atoms with E-state index in [-0.39, 0.29) is 6.42 Å². The summed E-state index contributed by atoms with van der Waals surface area (Å²) in [5, 5.41) is 10.4. The normalized spacial score (nSPS) is 11.0. The summed E-state index contributed by atoms with van der Waals surface area (Å²) in [5.41, 5.74) is 7.04. The Morgan fingerprint density at radius 1 is 0.966 bits per heavy atom. The van der Waals surface area contributed by atoms with Gasteiger partial charge in [0.25, 0.3) is 0 Å². The second-order valence-electron chi connectivity index (χ2n) is 7.28. The molecule has 4 heteroatoms. The Kier molecular flexibility index (Phi) is 5.09. The topological polar surface area (TPSA) is 62.3 Å². The van der Waals surface area contributed by atoms with E-state index in [1.54, 1.807) is 0 Å². The number of rotatable bonds is 6. The Bertz CT molecular complexity index is 1160. The Labute approximate surface area is 169 Å². The molecule has 0 unspecified atom stereocenters. The molecule has 0 amide bonds. The number of aromatic amines is 1. The lowest BCUT2D eigenvalue weighted by molar-refractivity contribution is -0.136. The molecule has 0 aliphatic carbocycles. The summed E-state index contributed by atoms with van der Waals surface area (Å²) < 4.78 is 5.87. The van der Waals surface area contributed by atoms with Crippen LogP contribution in [0.15, 0.2) is 66.7 Å². The third-order valence-electron chi connectivity index (χ3n) is 5.33. The third-order valence-corrected chi connectivity index (χ3v) is 5.33. The number of nitrogens with one attached hydrogen (secondary N) is 1. The van der Waals surface area contributed by atoms with E-state index in [9.17, 15) is 9.90 Å². The van der Waals surface area contributed by atoms with Crippen molar-refractivity contribution in [1.29, 1.82) is 0 Å². The highest BCUT2D eigenvalue weighted by atomic mass is 16.5. The van der Waals surface area contributed by atoms with E-state index < -0.39 is 5.97 Å². The summed E-state index contributed by atoms with van der Waals surface area (Å²) in [7, 11) is 0. The molecule has 0 aliphatic heterocycles. The fourth-order valence-electron chi connectivity index (χ4n) is 3.60. The molecule has 1 heterocycles. The second-order valence-corrected chi connectivity index (χ2v) is 7.28. The summed E-state index contributed by atoms with van der Waals surface area (Å²) in [6.45, 7) is 4.63. The van der Waals surface area contributed by atoms with Crippen LogP contribution in [0.1, 0.15) is 22.3 Å². The number of carboxylic acid groups (broad SMARTS) is 1. The zero-order valence-electron chi connectivity index (χ0n) is 16.5. The van der Waals surface area contributed by atoms with Gasteiger partial charge in [-0.2, -0.15) is 0 Å². The lowest BCUT2D eigenvalue weighted by Gasteiger charge is -2.08. The fourth-order valence-corrected chi connectivity index (χ4v) is 3.60. The van der Waals surface area contributed by atoms with E-state index >= 15 is 0 Å². The molecule has 4 aromatic rings. The van der Waals surface area contributed by atoms with Crippen LogP contribution in [0.3, 0.4) is 0 Å². The minimum atomic E-state index is -0.840. The molecule has 0 atom stereocenters. The van der Waals surface area contributed by atoms with Crippen LogP contribution < -0.4 is 4.74 Å². The SMILES string of the molecule is Cc1ccc2c(CC(=O)O)c(-c3ccc(OCc4ccccc4)cc3)[nH]c2c1C. The van der Waals surface area contributed by atoms with Crippen molar-refractivity contribution in [3.63, 3.8) is 0 Å². The van der Waals surface area contributed by atoms with Gasteiger partial charge in [-0.25, -0.2) is 0 Å². The summed E-state index contributed by atoms with van der Waals surface area (Å²) in [4.78, 5) is 15.0. The molecule has 0 saturated heterocycles. The van der Waals surface area contributed by atoms with Crippen molar-refractivity contribution >= 4 is 16.9 Å². The van der Waals surface area contributed by atoms with Crippen LogP contribution in [-0.2, 0) is 17.8 Å². The molecule has 4 nitrogen and oxygen atoms in total. The highest BCUT2D eigenvalue weighted by molar-refractivity contribution is 5.96. The van der Waals surface area contributed by atoms with Crippen molar-refractivity contribution < 1.29 is 14.6 Å². The number of aromatic nitrogens is 1. The molecular formula is C25H23NO3. The monoisotopic (exact) mass is 385 g/mol. The molecule has 0 bridgehead atoms. The number of aliphatic carboxylic acids is 1.